The number of nitrogens with zero attached hydrogens (tertiary/aromatic N) is 1. The lowest BCUT2D eigenvalue weighted by atomic mass is 10.0. The molecule has 2 aromatic rings. The van der Waals surface area contributed by atoms with Gasteiger partial charge < -0.3 is 20.2 Å². The van der Waals surface area contributed by atoms with Crippen molar-refractivity contribution in [2.24, 2.45) is 0 Å². The van der Waals surface area contributed by atoms with Gasteiger partial charge in [0.05, 0.1) is 22.5 Å². The van der Waals surface area contributed by atoms with E-state index >= 15 is 0 Å². The van der Waals surface area contributed by atoms with Crippen LogP contribution < -0.4 is 16.4 Å². The van der Waals surface area contributed by atoms with Crippen molar-refractivity contribution in [3.05, 3.63) is 22.7 Å². The van der Waals surface area contributed by atoms with E-state index in [0.717, 1.165) is 31.4 Å². The molecule has 0 bridgehead atoms. The average Bonchev–Trinajstić information content (AvgIpc) is 2.93. The normalized spacial score (nSPS) is 17.7. The minimum absolute atomic E-state index is 0.448. The van der Waals surface area contributed by atoms with Crippen LogP contribution >= 0.6 is 0 Å². The van der Waals surface area contributed by atoms with Gasteiger partial charge in [-0.2, -0.15) is 0 Å². The summed E-state index contributed by atoms with van der Waals surface area (Å²) in [4.78, 5) is 15.7. The van der Waals surface area contributed by atoms with Crippen LogP contribution in [0.3, 0.4) is 0 Å². The highest BCUT2D eigenvalue weighted by Gasteiger charge is 2.32. The lowest BCUT2D eigenvalue weighted by molar-refractivity contribution is 0.0559. The van der Waals surface area contributed by atoms with E-state index in [9.17, 15) is 9.90 Å². The first kappa shape index (κ1) is 13.1. The summed E-state index contributed by atoms with van der Waals surface area (Å²) in [5.74, 6) is -0.492. The van der Waals surface area contributed by atoms with Gasteiger partial charge in [0.2, 0.25) is 0 Å². The number of nitrogens with one attached hydrogen (secondary N) is 1. The number of benzene rings is 1. The number of nitrogen functional groups attached to an aromatic ring is 1. The number of aromatic nitrogens is 1. The molecule has 0 saturated heterocycles. The zero-order valence-corrected chi connectivity index (χ0v) is 11.5. The first-order chi connectivity index (χ1) is 9.47. The highest BCUT2D eigenvalue weighted by Crippen LogP contribution is 2.33. The molecular formula is C14H19N3O3. The van der Waals surface area contributed by atoms with Crippen molar-refractivity contribution in [1.29, 1.82) is 0 Å². The van der Waals surface area contributed by atoms with Gasteiger partial charge in [-0.1, -0.05) is 12.8 Å². The third kappa shape index (κ3) is 2.27. The summed E-state index contributed by atoms with van der Waals surface area (Å²) in [5.41, 5.74) is 7.76. The molecular weight excluding hydrogens is 258 g/mol. The number of aromatic amines is 1. The Balaban J connectivity index is 1.92. The summed E-state index contributed by atoms with van der Waals surface area (Å²) >= 11 is 0. The Bertz CT molecular complexity index is 683. The van der Waals surface area contributed by atoms with E-state index in [1.807, 2.05) is 11.9 Å². The highest BCUT2D eigenvalue weighted by atomic mass is 16.4. The molecule has 3 rings (SSSR count). The third-order valence-electron chi connectivity index (χ3n) is 4.05. The van der Waals surface area contributed by atoms with E-state index in [2.05, 4.69) is 4.98 Å². The number of likely N-dealkylation sites (N-methyl/N-ethyl adjacent to an activating group) is 1. The van der Waals surface area contributed by atoms with Crippen LogP contribution in [0.2, 0.25) is 0 Å². The van der Waals surface area contributed by atoms with Crippen molar-refractivity contribution < 1.29 is 9.52 Å². The molecule has 0 spiro atoms. The van der Waals surface area contributed by atoms with Crippen molar-refractivity contribution in [2.75, 3.05) is 24.2 Å². The second kappa shape index (κ2) is 4.56. The van der Waals surface area contributed by atoms with Crippen LogP contribution in [0.1, 0.15) is 25.7 Å². The number of hydrogen-bond acceptors (Lipinski definition) is 5. The molecule has 4 N–H and O–H groups in total. The summed E-state index contributed by atoms with van der Waals surface area (Å²) in [6.07, 6.45) is 3.77. The van der Waals surface area contributed by atoms with E-state index in [1.54, 1.807) is 12.1 Å². The quantitative estimate of drug-likeness (QED) is 0.738. The van der Waals surface area contributed by atoms with Crippen LogP contribution in [-0.2, 0) is 0 Å². The van der Waals surface area contributed by atoms with Gasteiger partial charge in [0.1, 0.15) is 0 Å². The molecule has 0 atom stereocenters. The van der Waals surface area contributed by atoms with Gasteiger partial charge >= 0.3 is 5.76 Å². The van der Waals surface area contributed by atoms with Crippen molar-refractivity contribution in [1.82, 2.24) is 4.98 Å². The van der Waals surface area contributed by atoms with Gasteiger partial charge in [-0.05, 0) is 18.9 Å². The molecule has 20 heavy (non-hydrogen) atoms. The lowest BCUT2D eigenvalue weighted by Gasteiger charge is -2.30. The standard InChI is InChI=1S/C14H19N3O3/c1-17(8-14(19)4-2-3-5-14)11-7-10-12(6-9(11)15)20-13(18)16-10/h6-7,19H,2-5,8,15H2,1H3,(H,16,18). The van der Waals surface area contributed by atoms with Crippen molar-refractivity contribution in [3.63, 3.8) is 0 Å². The lowest BCUT2D eigenvalue weighted by Crippen LogP contribution is -2.39. The Morgan fingerprint density at radius 2 is 2.15 bits per heavy atom. The summed E-state index contributed by atoms with van der Waals surface area (Å²) < 4.78 is 4.98. The smallest absolute Gasteiger partial charge is 0.408 e. The number of fused-ring (bicyclic) bond motifs is 1. The van der Waals surface area contributed by atoms with Gasteiger partial charge in [0.15, 0.2) is 5.58 Å². The third-order valence-corrected chi connectivity index (χ3v) is 4.05. The fraction of sp³-hybridized carbons (Fsp3) is 0.500. The molecule has 1 aliphatic rings. The van der Waals surface area contributed by atoms with Crippen LogP contribution in [0, 0.1) is 0 Å². The molecule has 0 aliphatic heterocycles. The zero-order valence-electron chi connectivity index (χ0n) is 11.5. The van der Waals surface area contributed by atoms with E-state index in [1.165, 1.54) is 0 Å². The number of H-pyrrole nitrogens is 1. The molecule has 1 heterocycles. The van der Waals surface area contributed by atoms with Crippen LogP contribution in [-0.4, -0.2) is 29.3 Å². The van der Waals surface area contributed by atoms with Gasteiger partial charge in [-0.15, -0.1) is 0 Å². The molecule has 1 saturated carbocycles. The van der Waals surface area contributed by atoms with Gasteiger partial charge in [-0.3, -0.25) is 4.98 Å². The molecule has 0 radical (unpaired) electrons. The molecule has 1 aliphatic carbocycles. The minimum Gasteiger partial charge on any atom is -0.408 e. The maximum absolute atomic E-state index is 11.2. The molecule has 0 amide bonds. The summed E-state index contributed by atoms with van der Waals surface area (Å²) in [5, 5.41) is 10.5. The van der Waals surface area contributed by atoms with Crippen LogP contribution in [0.5, 0.6) is 0 Å². The fourth-order valence-electron chi connectivity index (χ4n) is 3.05. The van der Waals surface area contributed by atoms with E-state index in [4.69, 9.17) is 10.2 Å². The van der Waals surface area contributed by atoms with E-state index in [0.29, 0.717) is 23.3 Å². The van der Waals surface area contributed by atoms with Gasteiger partial charge in [-0.25, -0.2) is 4.79 Å². The number of aliphatic hydroxyl groups is 1. The maximum Gasteiger partial charge on any atom is 0.417 e. The average molecular weight is 277 g/mol. The van der Waals surface area contributed by atoms with Crippen molar-refractivity contribution in [2.45, 2.75) is 31.3 Å². The van der Waals surface area contributed by atoms with E-state index < -0.39 is 11.4 Å². The molecule has 1 aromatic carbocycles. The second-order valence-corrected chi connectivity index (χ2v) is 5.71. The number of hydrogen-bond donors (Lipinski definition) is 3. The summed E-state index contributed by atoms with van der Waals surface area (Å²) in [7, 11) is 1.89. The zero-order chi connectivity index (χ0) is 14.3. The maximum atomic E-state index is 11.2. The molecule has 6 nitrogen and oxygen atoms in total. The summed E-state index contributed by atoms with van der Waals surface area (Å²) in [6, 6.07) is 3.42. The van der Waals surface area contributed by atoms with E-state index in [-0.39, 0.29) is 0 Å². The molecule has 108 valence electrons. The number of rotatable bonds is 3. The molecule has 6 heteroatoms. The van der Waals surface area contributed by atoms with Crippen LogP contribution in [0.4, 0.5) is 11.4 Å². The van der Waals surface area contributed by atoms with Crippen LogP contribution in [0.15, 0.2) is 21.3 Å². The van der Waals surface area contributed by atoms with Gasteiger partial charge in [0, 0.05) is 19.7 Å². The predicted octanol–water partition coefficient (Wildman–Crippen LogP) is 1.44. The molecule has 1 aromatic heterocycles. The molecule has 1 fully saturated rings. The van der Waals surface area contributed by atoms with Crippen LogP contribution in [0.25, 0.3) is 11.1 Å². The fourth-order valence-corrected chi connectivity index (χ4v) is 3.05. The Morgan fingerprint density at radius 3 is 2.85 bits per heavy atom. The predicted molar refractivity (Wildman–Crippen MR) is 77.9 cm³/mol. The monoisotopic (exact) mass is 277 g/mol. The largest absolute Gasteiger partial charge is 0.417 e. The Kier molecular flexibility index (Phi) is 2.97. The summed E-state index contributed by atoms with van der Waals surface area (Å²) in [6.45, 7) is 0.533. The number of anilines is 2. The van der Waals surface area contributed by atoms with Crippen molar-refractivity contribution >= 4 is 22.5 Å². The minimum atomic E-state index is -0.639. The van der Waals surface area contributed by atoms with Crippen molar-refractivity contribution in [3.8, 4) is 0 Å². The molecule has 0 unspecified atom stereocenters. The van der Waals surface area contributed by atoms with Gasteiger partial charge in [0.25, 0.3) is 0 Å². The SMILES string of the molecule is CN(CC1(O)CCCC1)c1cc2[nH]c(=O)oc2cc1N. The Labute approximate surface area is 116 Å². The first-order valence-corrected chi connectivity index (χ1v) is 6.83. The topological polar surface area (TPSA) is 95.5 Å². The highest BCUT2D eigenvalue weighted by molar-refractivity contribution is 5.85. The number of nitrogens with two attached hydrogens (primary N) is 1. The second-order valence-electron chi connectivity index (χ2n) is 5.71. The Hall–Kier alpha value is -1.95. The Morgan fingerprint density at radius 1 is 1.45 bits per heavy atom. The number of oxazole rings is 1. The first-order valence-electron chi connectivity index (χ1n) is 6.83.